The molecule has 4 fully saturated rings. The van der Waals surface area contributed by atoms with E-state index in [1.165, 1.54) is 18.2 Å². The van der Waals surface area contributed by atoms with Crippen LogP contribution in [0.2, 0.25) is 0 Å². The molecule has 6 nitrogen and oxygen atoms in total. The van der Waals surface area contributed by atoms with Crippen molar-refractivity contribution < 1.29 is 9.53 Å². The highest BCUT2D eigenvalue weighted by Crippen LogP contribution is 2.61. The van der Waals surface area contributed by atoms with E-state index in [1.807, 2.05) is 4.68 Å². The Morgan fingerprint density at radius 3 is 2.83 bits per heavy atom. The van der Waals surface area contributed by atoms with Crippen molar-refractivity contribution in [2.24, 2.45) is 23.2 Å². The van der Waals surface area contributed by atoms with E-state index in [-0.39, 0.29) is 17.8 Å². The number of hydrogen-bond acceptors (Lipinski definition) is 6. The summed E-state index contributed by atoms with van der Waals surface area (Å²) in [5.41, 5.74) is 0.420. The quantitative estimate of drug-likeness (QED) is 0.608. The van der Waals surface area contributed by atoms with E-state index in [1.54, 1.807) is 0 Å². The normalized spacial score (nSPS) is 34.7. The van der Waals surface area contributed by atoms with Gasteiger partial charge in [0.1, 0.15) is 6.10 Å². The molecule has 1 aromatic heterocycles. The number of carbonyl (C=O) groups is 1. The highest BCUT2D eigenvalue weighted by Gasteiger charge is 2.57. The first-order valence-electron chi connectivity index (χ1n) is 8.57. The highest BCUT2D eigenvalue weighted by atomic mass is 32.2. The van der Waals surface area contributed by atoms with E-state index in [0.29, 0.717) is 29.2 Å². The lowest BCUT2D eigenvalue weighted by molar-refractivity contribution is -0.183. The monoisotopic (exact) mass is 336 g/mol. The second-order valence-electron chi connectivity index (χ2n) is 7.91. The topological polar surface area (TPSA) is 69.9 Å². The lowest BCUT2D eigenvalue weighted by Crippen LogP contribution is -2.57. The molecule has 126 valence electrons. The average Bonchev–Trinajstić information content (AvgIpc) is 3.25. The van der Waals surface area contributed by atoms with E-state index < -0.39 is 0 Å². The van der Waals surface area contributed by atoms with Crippen LogP contribution < -0.4 is 0 Å². The number of carbonyl (C=O) groups excluding carboxylic acids is 1. The number of fused-ring (bicyclic) bond motifs is 2. The summed E-state index contributed by atoms with van der Waals surface area (Å²) in [4.78, 5) is 12.2. The maximum absolute atomic E-state index is 12.2. The van der Waals surface area contributed by atoms with Gasteiger partial charge >= 0.3 is 5.97 Å². The van der Waals surface area contributed by atoms with E-state index >= 15 is 0 Å². The third-order valence-corrected chi connectivity index (χ3v) is 7.15. The van der Waals surface area contributed by atoms with Gasteiger partial charge in [0.25, 0.3) is 0 Å². The number of rotatable bonds is 5. The third-order valence-electron chi connectivity index (χ3n) is 6.24. The van der Waals surface area contributed by atoms with Crippen LogP contribution in [0.5, 0.6) is 0 Å². The molecule has 4 aliphatic carbocycles. The Labute approximate surface area is 140 Å². The lowest BCUT2D eigenvalue weighted by Gasteiger charge is -2.61. The van der Waals surface area contributed by atoms with Gasteiger partial charge < -0.3 is 4.74 Å². The number of ether oxygens (including phenoxy) is 1. The molecule has 4 aliphatic rings. The van der Waals surface area contributed by atoms with Crippen molar-refractivity contribution in [3.63, 3.8) is 0 Å². The van der Waals surface area contributed by atoms with Crippen LogP contribution in [0.4, 0.5) is 0 Å². The smallest absolute Gasteiger partial charge is 0.316 e. The van der Waals surface area contributed by atoms with Gasteiger partial charge in [0.05, 0.1) is 11.8 Å². The van der Waals surface area contributed by atoms with Gasteiger partial charge in [0.2, 0.25) is 5.16 Å². The Kier molecular flexibility index (Phi) is 3.66. The first-order chi connectivity index (χ1) is 11.0. The van der Waals surface area contributed by atoms with Crippen LogP contribution in [0, 0.1) is 23.2 Å². The molecule has 23 heavy (non-hydrogen) atoms. The van der Waals surface area contributed by atoms with Crippen molar-refractivity contribution in [1.82, 2.24) is 20.2 Å². The molecule has 0 spiro atoms. The van der Waals surface area contributed by atoms with E-state index in [4.69, 9.17) is 4.74 Å². The molecule has 0 aromatic carbocycles. The molecule has 0 aliphatic heterocycles. The molecule has 0 saturated heterocycles. The average molecular weight is 336 g/mol. The maximum Gasteiger partial charge on any atom is 0.316 e. The zero-order chi connectivity index (χ0) is 16.2. The van der Waals surface area contributed by atoms with Crippen molar-refractivity contribution in [2.75, 3.05) is 5.75 Å². The fourth-order valence-corrected chi connectivity index (χ4v) is 5.14. The van der Waals surface area contributed by atoms with Gasteiger partial charge in [-0.3, -0.25) is 4.79 Å². The fraction of sp³-hybridized carbons (Fsp3) is 0.875. The number of aromatic nitrogens is 4. The van der Waals surface area contributed by atoms with Crippen LogP contribution in [0.1, 0.15) is 52.5 Å². The predicted molar refractivity (Wildman–Crippen MR) is 85.9 cm³/mol. The summed E-state index contributed by atoms with van der Waals surface area (Å²) in [6.45, 7) is 6.95. The van der Waals surface area contributed by atoms with Crippen molar-refractivity contribution in [1.29, 1.82) is 0 Å². The van der Waals surface area contributed by atoms with Gasteiger partial charge in [-0.05, 0) is 59.3 Å². The molecular formula is C16H24N4O2S. The predicted octanol–water partition coefficient (Wildman–Crippen LogP) is 2.71. The molecular weight excluding hydrogens is 312 g/mol. The lowest BCUT2D eigenvalue weighted by atomic mass is 9.45. The molecule has 0 radical (unpaired) electrons. The van der Waals surface area contributed by atoms with Gasteiger partial charge in [0, 0.05) is 0 Å². The fourth-order valence-electron chi connectivity index (χ4n) is 4.41. The molecule has 2 bridgehead atoms. The Morgan fingerprint density at radius 2 is 2.17 bits per heavy atom. The van der Waals surface area contributed by atoms with Gasteiger partial charge in [-0.2, -0.15) is 0 Å². The van der Waals surface area contributed by atoms with Gasteiger partial charge in [0.15, 0.2) is 0 Å². The second kappa shape index (κ2) is 5.46. The molecule has 1 aromatic rings. The van der Waals surface area contributed by atoms with Gasteiger partial charge in [-0.25, -0.2) is 4.68 Å². The van der Waals surface area contributed by atoms with Crippen LogP contribution in [0.15, 0.2) is 5.16 Å². The molecule has 4 saturated carbocycles. The van der Waals surface area contributed by atoms with Crippen molar-refractivity contribution in [2.45, 2.75) is 63.8 Å². The minimum Gasteiger partial charge on any atom is -0.461 e. The molecule has 1 heterocycles. The number of nitrogens with zero attached hydrogens (tertiary/aromatic N) is 4. The first-order valence-corrected chi connectivity index (χ1v) is 9.55. The minimum absolute atomic E-state index is 0.0827. The van der Waals surface area contributed by atoms with Crippen LogP contribution in [-0.4, -0.2) is 38.0 Å². The Balaban J connectivity index is 1.30. The Morgan fingerprint density at radius 1 is 1.39 bits per heavy atom. The summed E-state index contributed by atoms with van der Waals surface area (Å²) in [6, 6.07) is 0.427. The largest absolute Gasteiger partial charge is 0.461 e. The number of hydrogen-bond donors (Lipinski definition) is 0. The summed E-state index contributed by atoms with van der Waals surface area (Å²) in [5.74, 6) is 2.00. The van der Waals surface area contributed by atoms with Crippen LogP contribution >= 0.6 is 11.8 Å². The zero-order valence-electron chi connectivity index (χ0n) is 13.9. The van der Waals surface area contributed by atoms with Gasteiger partial charge in [-0.1, -0.05) is 32.5 Å². The standard InChI is InChI=1S/C16H24N4O2S/c1-9-12-6-10(16(12,2)3)7-13(9)22-14(21)8-23-15-17-18-19-20(15)11-4-5-11/h9-13H,4-8H2,1-3H3/t9-,10-,12-,13-/m1/s1. The zero-order valence-corrected chi connectivity index (χ0v) is 14.8. The molecule has 4 atom stereocenters. The van der Waals surface area contributed by atoms with Crippen LogP contribution in [0.25, 0.3) is 0 Å². The van der Waals surface area contributed by atoms with Crippen LogP contribution in [0.3, 0.4) is 0 Å². The van der Waals surface area contributed by atoms with Crippen LogP contribution in [-0.2, 0) is 9.53 Å². The molecule has 7 heteroatoms. The minimum atomic E-state index is -0.142. The highest BCUT2D eigenvalue weighted by molar-refractivity contribution is 7.99. The number of thioether (sulfide) groups is 1. The maximum atomic E-state index is 12.2. The summed E-state index contributed by atoms with van der Waals surface area (Å²) in [5, 5.41) is 12.4. The Bertz CT molecular complexity index is 613. The number of esters is 1. The summed E-state index contributed by atoms with van der Waals surface area (Å²) in [6.07, 6.45) is 4.65. The SMILES string of the molecule is C[C@@H]1[C@H]2C[C@H](C[C@H]1OC(=O)CSc1nnnn1C1CC1)C2(C)C. The second-order valence-corrected chi connectivity index (χ2v) is 8.85. The van der Waals surface area contributed by atoms with E-state index in [0.717, 1.165) is 24.4 Å². The number of tetrazole rings is 1. The summed E-state index contributed by atoms with van der Waals surface area (Å²) in [7, 11) is 0. The third kappa shape index (κ3) is 2.66. The molecule has 0 N–H and O–H groups in total. The van der Waals surface area contributed by atoms with Crippen molar-refractivity contribution >= 4 is 17.7 Å². The molecule has 5 rings (SSSR count). The molecule has 0 amide bonds. The summed E-state index contributed by atoms with van der Waals surface area (Å²) < 4.78 is 7.61. The van der Waals surface area contributed by atoms with Crippen molar-refractivity contribution in [3.05, 3.63) is 0 Å². The summed E-state index contributed by atoms with van der Waals surface area (Å²) >= 11 is 1.38. The van der Waals surface area contributed by atoms with Crippen molar-refractivity contribution in [3.8, 4) is 0 Å². The molecule has 0 unspecified atom stereocenters. The van der Waals surface area contributed by atoms with E-state index in [2.05, 4.69) is 36.3 Å². The van der Waals surface area contributed by atoms with E-state index in [9.17, 15) is 4.79 Å². The van der Waals surface area contributed by atoms with Gasteiger partial charge in [-0.15, -0.1) is 5.10 Å². The first kappa shape index (κ1) is 15.4. The Hall–Kier alpha value is -1.11.